The van der Waals surface area contributed by atoms with Crippen LogP contribution in [0.5, 0.6) is 0 Å². The number of oxazole rings is 1. The van der Waals surface area contributed by atoms with Crippen LogP contribution in [0.3, 0.4) is 0 Å². The minimum atomic E-state index is 0.537. The zero-order chi connectivity index (χ0) is 12.8. The van der Waals surface area contributed by atoms with Crippen LogP contribution in [0.2, 0.25) is 0 Å². The third kappa shape index (κ3) is 1.48. The van der Waals surface area contributed by atoms with Crippen molar-refractivity contribution in [3.63, 3.8) is 0 Å². The van der Waals surface area contributed by atoms with Crippen LogP contribution in [-0.4, -0.2) is 4.98 Å². The Labute approximate surface area is 109 Å². The van der Waals surface area contributed by atoms with Crippen molar-refractivity contribution in [2.75, 3.05) is 0 Å². The normalized spacial score (nSPS) is 11.4. The summed E-state index contributed by atoms with van der Waals surface area (Å²) in [5.74, 6) is 1.24. The van der Waals surface area contributed by atoms with Crippen LogP contribution in [0, 0.1) is 6.92 Å². The fourth-order valence-electron chi connectivity index (χ4n) is 2.35. The first-order valence-corrected chi connectivity index (χ1v) is 6.17. The molecule has 4 rings (SSSR count). The second kappa shape index (κ2) is 3.72. The third-order valence-corrected chi connectivity index (χ3v) is 3.33. The lowest BCUT2D eigenvalue weighted by Crippen LogP contribution is -1.76. The molecule has 0 fully saturated rings. The Hall–Kier alpha value is -2.55. The molecule has 0 aliphatic heterocycles. The van der Waals surface area contributed by atoms with E-state index in [2.05, 4.69) is 4.98 Å². The van der Waals surface area contributed by atoms with Crippen molar-refractivity contribution in [2.45, 2.75) is 6.92 Å². The molecule has 0 unspecified atom stereocenters. The molecule has 0 aliphatic rings. The number of aryl methyl sites for hydroxylation is 1. The number of hydrogen-bond acceptors (Lipinski definition) is 3. The molecule has 0 amide bonds. The molecule has 0 saturated carbocycles. The van der Waals surface area contributed by atoms with E-state index in [1.54, 1.807) is 0 Å². The largest absolute Gasteiger partial charge is 0.451 e. The lowest BCUT2D eigenvalue weighted by atomic mass is 10.1. The Morgan fingerprint density at radius 3 is 2.37 bits per heavy atom. The van der Waals surface area contributed by atoms with Crippen LogP contribution >= 0.6 is 0 Å². The predicted molar refractivity (Wildman–Crippen MR) is 74.0 cm³/mol. The summed E-state index contributed by atoms with van der Waals surface area (Å²) in [5, 5.41) is 1.10. The number of hydrogen-bond donors (Lipinski definition) is 0. The maximum Gasteiger partial charge on any atom is 0.264 e. The smallest absolute Gasteiger partial charge is 0.264 e. The highest BCUT2D eigenvalue weighted by atomic mass is 16.4. The highest BCUT2D eigenvalue weighted by Crippen LogP contribution is 2.33. The van der Waals surface area contributed by atoms with E-state index in [1.165, 1.54) is 0 Å². The fourth-order valence-corrected chi connectivity index (χ4v) is 2.35. The van der Waals surface area contributed by atoms with E-state index >= 15 is 0 Å². The number of fused-ring (bicyclic) bond motifs is 2. The van der Waals surface area contributed by atoms with Gasteiger partial charge in [0.05, 0.1) is 0 Å². The van der Waals surface area contributed by atoms with Gasteiger partial charge in [-0.1, -0.05) is 30.3 Å². The van der Waals surface area contributed by atoms with Gasteiger partial charge < -0.3 is 8.83 Å². The summed E-state index contributed by atoms with van der Waals surface area (Å²) >= 11 is 0. The molecule has 2 heterocycles. The van der Waals surface area contributed by atoms with E-state index in [4.69, 9.17) is 8.83 Å². The van der Waals surface area contributed by atoms with Gasteiger partial charge in [-0.25, -0.2) is 4.98 Å². The Bertz CT molecular complexity index is 853. The molecule has 92 valence electrons. The lowest BCUT2D eigenvalue weighted by Gasteiger charge is -1.90. The van der Waals surface area contributed by atoms with Gasteiger partial charge in [-0.2, -0.15) is 0 Å². The number of para-hydroxylation sites is 3. The third-order valence-electron chi connectivity index (χ3n) is 3.33. The molecular weight excluding hydrogens is 238 g/mol. The lowest BCUT2D eigenvalue weighted by molar-refractivity contribution is 0.558. The summed E-state index contributed by atoms with van der Waals surface area (Å²) < 4.78 is 11.6. The zero-order valence-corrected chi connectivity index (χ0v) is 10.4. The molecule has 0 atom stereocenters. The quantitative estimate of drug-likeness (QED) is 0.496. The molecule has 2 aromatic heterocycles. The fraction of sp³-hybridized carbons (Fsp3) is 0.0625. The average molecular weight is 249 g/mol. The molecule has 0 saturated heterocycles. The van der Waals surface area contributed by atoms with Crippen LogP contribution in [-0.2, 0) is 0 Å². The number of aromatic nitrogens is 1. The molecule has 19 heavy (non-hydrogen) atoms. The van der Waals surface area contributed by atoms with Crippen molar-refractivity contribution < 1.29 is 8.83 Å². The first-order valence-electron chi connectivity index (χ1n) is 6.17. The maximum atomic E-state index is 5.86. The van der Waals surface area contributed by atoms with Crippen molar-refractivity contribution in [3.05, 3.63) is 54.1 Å². The predicted octanol–water partition coefficient (Wildman–Crippen LogP) is 4.55. The summed E-state index contributed by atoms with van der Waals surface area (Å²) in [5.41, 5.74) is 3.54. The summed E-state index contributed by atoms with van der Waals surface area (Å²) in [7, 11) is 0. The Kier molecular flexibility index (Phi) is 2.03. The second-order valence-corrected chi connectivity index (χ2v) is 4.54. The summed E-state index contributed by atoms with van der Waals surface area (Å²) in [6.07, 6.45) is 0. The number of benzene rings is 2. The number of nitrogens with zero attached hydrogens (tertiary/aromatic N) is 1. The zero-order valence-electron chi connectivity index (χ0n) is 10.4. The monoisotopic (exact) mass is 249 g/mol. The van der Waals surface area contributed by atoms with E-state index in [-0.39, 0.29) is 0 Å². The maximum absolute atomic E-state index is 5.86. The Balaban J connectivity index is 2.01. The van der Waals surface area contributed by atoms with Crippen molar-refractivity contribution >= 4 is 22.1 Å². The molecule has 3 heteroatoms. The highest BCUT2D eigenvalue weighted by molar-refractivity contribution is 5.87. The van der Waals surface area contributed by atoms with E-state index in [0.29, 0.717) is 11.7 Å². The van der Waals surface area contributed by atoms with Crippen molar-refractivity contribution in [2.24, 2.45) is 0 Å². The van der Waals surface area contributed by atoms with E-state index in [0.717, 1.165) is 27.6 Å². The summed E-state index contributed by atoms with van der Waals surface area (Å²) in [6, 6.07) is 15.7. The van der Waals surface area contributed by atoms with E-state index < -0.39 is 0 Å². The van der Waals surface area contributed by atoms with Crippen molar-refractivity contribution in [1.29, 1.82) is 0 Å². The molecule has 3 nitrogen and oxygen atoms in total. The van der Waals surface area contributed by atoms with Gasteiger partial charge in [0, 0.05) is 10.9 Å². The topological polar surface area (TPSA) is 39.2 Å². The van der Waals surface area contributed by atoms with Gasteiger partial charge in [0.1, 0.15) is 11.1 Å². The number of rotatable bonds is 1. The summed E-state index contributed by atoms with van der Waals surface area (Å²) in [6.45, 7) is 2.02. The SMILES string of the molecule is Cc1c(-c2nc3ccccc3o2)oc2ccccc12. The highest BCUT2D eigenvalue weighted by Gasteiger charge is 2.17. The van der Waals surface area contributed by atoms with E-state index in [9.17, 15) is 0 Å². The average Bonchev–Trinajstić information content (AvgIpc) is 3.00. The van der Waals surface area contributed by atoms with Gasteiger partial charge in [0.25, 0.3) is 5.89 Å². The Morgan fingerprint density at radius 2 is 1.58 bits per heavy atom. The van der Waals surface area contributed by atoms with Gasteiger partial charge in [-0.3, -0.25) is 0 Å². The van der Waals surface area contributed by atoms with Crippen LogP contribution in [0.4, 0.5) is 0 Å². The van der Waals surface area contributed by atoms with Gasteiger partial charge in [-0.05, 0) is 25.1 Å². The molecule has 0 N–H and O–H groups in total. The molecular formula is C16H11NO2. The summed E-state index contributed by atoms with van der Waals surface area (Å²) in [4.78, 5) is 4.48. The van der Waals surface area contributed by atoms with Gasteiger partial charge in [-0.15, -0.1) is 0 Å². The minimum absolute atomic E-state index is 0.537. The molecule has 0 radical (unpaired) electrons. The molecule has 0 spiro atoms. The van der Waals surface area contributed by atoms with Crippen LogP contribution in [0.1, 0.15) is 5.56 Å². The van der Waals surface area contributed by atoms with Gasteiger partial charge >= 0.3 is 0 Å². The first kappa shape index (κ1) is 10.4. The Morgan fingerprint density at radius 1 is 0.842 bits per heavy atom. The van der Waals surface area contributed by atoms with Crippen LogP contribution < -0.4 is 0 Å². The van der Waals surface area contributed by atoms with Gasteiger partial charge in [0.15, 0.2) is 11.3 Å². The molecule has 2 aromatic carbocycles. The van der Waals surface area contributed by atoms with Gasteiger partial charge in [0.2, 0.25) is 0 Å². The minimum Gasteiger partial charge on any atom is -0.451 e. The van der Waals surface area contributed by atoms with Crippen molar-refractivity contribution in [1.82, 2.24) is 4.98 Å². The van der Waals surface area contributed by atoms with Crippen LogP contribution in [0.15, 0.2) is 57.4 Å². The first-order chi connectivity index (χ1) is 9.33. The second-order valence-electron chi connectivity index (χ2n) is 4.54. The van der Waals surface area contributed by atoms with E-state index in [1.807, 2.05) is 55.5 Å². The molecule has 4 aromatic rings. The van der Waals surface area contributed by atoms with Crippen LogP contribution in [0.25, 0.3) is 33.7 Å². The number of furan rings is 1. The standard InChI is InChI=1S/C16H11NO2/c1-10-11-6-2-4-8-13(11)18-15(10)16-17-12-7-3-5-9-14(12)19-16/h2-9H,1H3. The molecule has 0 bridgehead atoms. The van der Waals surface area contributed by atoms with Crippen molar-refractivity contribution in [3.8, 4) is 11.7 Å². The molecule has 0 aliphatic carbocycles.